The lowest BCUT2D eigenvalue weighted by Crippen LogP contribution is -2.40. The van der Waals surface area contributed by atoms with Crippen LogP contribution in [0.15, 0.2) is 78.9 Å². The van der Waals surface area contributed by atoms with E-state index in [0.29, 0.717) is 24.7 Å². The lowest BCUT2D eigenvalue weighted by Gasteiger charge is -2.29. The first kappa shape index (κ1) is 22.3. The van der Waals surface area contributed by atoms with Crippen molar-refractivity contribution in [1.29, 1.82) is 0 Å². The van der Waals surface area contributed by atoms with Crippen LogP contribution in [-0.4, -0.2) is 30.3 Å². The van der Waals surface area contributed by atoms with Crippen molar-refractivity contribution in [2.24, 2.45) is 5.73 Å². The van der Waals surface area contributed by atoms with Crippen molar-refractivity contribution in [2.75, 3.05) is 11.9 Å². The van der Waals surface area contributed by atoms with Crippen LogP contribution in [-0.2, 0) is 19.6 Å². The Morgan fingerprint density at radius 2 is 1.62 bits per heavy atom. The third-order valence-electron chi connectivity index (χ3n) is 5.50. The summed E-state index contributed by atoms with van der Waals surface area (Å²) in [7, 11) is 1.80. The Kier molecular flexibility index (Phi) is 7.07. The standard InChI is InChI=1S/C25H28ClN5O/c1-30(22-8-3-2-4-9-22)25(32)31(16-18-10-12-21(26)13-11-18)17-20-7-5-6-19(14-20)15-28-24-23(27)29-24/h2-14,23-24,28-29H,15-17,27H2,1H3. The molecule has 0 bridgehead atoms. The molecule has 0 spiro atoms. The zero-order chi connectivity index (χ0) is 22.5. The molecule has 0 saturated carbocycles. The highest BCUT2D eigenvalue weighted by Crippen LogP contribution is 2.19. The van der Waals surface area contributed by atoms with Crippen molar-refractivity contribution in [3.63, 3.8) is 0 Å². The van der Waals surface area contributed by atoms with Gasteiger partial charge in [0.1, 0.15) is 0 Å². The largest absolute Gasteiger partial charge is 0.324 e. The Morgan fingerprint density at radius 3 is 2.31 bits per heavy atom. The maximum Gasteiger partial charge on any atom is 0.324 e. The minimum absolute atomic E-state index is 0.0270. The molecule has 0 aliphatic carbocycles. The van der Waals surface area contributed by atoms with E-state index in [-0.39, 0.29) is 18.4 Å². The van der Waals surface area contributed by atoms with Gasteiger partial charge in [-0.1, -0.05) is 66.2 Å². The van der Waals surface area contributed by atoms with Gasteiger partial charge in [0.2, 0.25) is 0 Å². The number of hydrogen-bond acceptors (Lipinski definition) is 4. The number of carbonyl (C=O) groups excluding carboxylic acids is 1. The van der Waals surface area contributed by atoms with Crippen molar-refractivity contribution in [3.8, 4) is 0 Å². The van der Waals surface area contributed by atoms with Crippen molar-refractivity contribution in [3.05, 3.63) is 101 Å². The highest BCUT2D eigenvalue weighted by atomic mass is 35.5. The molecule has 7 heteroatoms. The van der Waals surface area contributed by atoms with Gasteiger partial charge in [-0.2, -0.15) is 0 Å². The van der Waals surface area contributed by atoms with Crippen LogP contribution in [0.25, 0.3) is 0 Å². The number of urea groups is 1. The number of rotatable bonds is 8. The Labute approximate surface area is 194 Å². The number of benzene rings is 3. The molecule has 0 radical (unpaired) electrons. The predicted octanol–water partition coefficient (Wildman–Crippen LogP) is 3.90. The van der Waals surface area contributed by atoms with Gasteiger partial charge in [0.05, 0.1) is 12.3 Å². The van der Waals surface area contributed by atoms with Crippen LogP contribution < -0.4 is 21.3 Å². The summed E-state index contributed by atoms with van der Waals surface area (Å²) < 4.78 is 0. The molecular weight excluding hydrogens is 422 g/mol. The zero-order valence-corrected chi connectivity index (χ0v) is 18.8. The Morgan fingerprint density at radius 1 is 0.969 bits per heavy atom. The van der Waals surface area contributed by atoms with E-state index >= 15 is 0 Å². The number of anilines is 1. The third-order valence-corrected chi connectivity index (χ3v) is 5.75. The van der Waals surface area contributed by atoms with Crippen LogP contribution in [0.1, 0.15) is 16.7 Å². The summed E-state index contributed by atoms with van der Waals surface area (Å²) in [5.41, 5.74) is 9.89. The van der Waals surface area contributed by atoms with E-state index in [9.17, 15) is 4.79 Å². The molecule has 1 aliphatic rings. The molecule has 4 N–H and O–H groups in total. The third kappa shape index (κ3) is 5.87. The average molecular weight is 450 g/mol. The molecule has 2 atom stereocenters. The van der Waals surface area contributed by atoms with Gasteiger partial charge in [-0.3, -0.25) is 15.5 Å². The lowest BCUT2D eigenvalue weighted by molar-refractivity contribution is 0.200. The maximum atomic E-state index is 13.5. The number of carbonyl (C=O) groups is 1. The topological polar surface area (TPSA) is 83.5 Å². The number of nitrogens with zero attached hydrogens (tertiary/aromatic N) is 2. The van der Waals surface area contributed by atoms with E-state index in [1.807, 2.05) is 65.6 Å². The molecule has 1 saturated heterocycles. The van der Waals surface area contributed by atoms with E-state index < -0.39 is 0 Å². The number of para-hydroxylation sites is 1. The van der Waals surface area contributed by atoms with Crippen molar-refractivity contribution in [1.82, 2.24) is 15.5 Å². The van der Waals surface area contributed by atoms with E-state index in [1.54, 1.807) is 11.9 Å². The van der Waals surface area contributed by atoms with Gasteiger partial charge >= 0.3 is 6.03 Å². The number of hydrogen-bond donors (Lipinski definition) is 3. The van der Waals surface area contributed by atoms with E-state index in [0.717, 1.165) is 22.4 Å². The number of amides is 2. The maximum absolute atomic E-state index is 13.5. The van der Waals surface area contributed by atoms with Crippen molar-refractivity contribution < 1.29 is 4.79 Å². The first-order chi connectivity index (χ1) is 15.5. The second-order valence-electron chi connectivity index (χ2n) is 8.03. The summed E-state index contributed by atoms with van der Waals surface area (Å²) in [6.07, 6.45) is 0.195. The average Bonchev–Trinajstić information content (AvgIpc) is 3.53. The fourth-order valence-corrected chi connectivity index (χ4v) is 3.73. The van der Waals surface area contributed by atoms with Gasteiger partial charge in [0, 0.05) is 37.4 Å². The number of nitrogens with two attached hydrogens (primary N) is 1. The van der Waals surface area contributed by atoms with Crippen LogP contribution in [0.4, 0.5) is 10.5 Å². The highest BCUT2D eigenvalue weighted by molar-refractivity contribution is 6.30. The molecule has 0 aromatic heterocycles. The molecule has 1 aliphatic heterocycles. The molecule has 2 unspecified atom stereocenters. The van der Waals surface area contributed by atoms with Gasteiger partial charge in [-0.25, -0.2) is 4.79 Å². The smallest absolute Gasteiger partial charge is 0.316 e. The zero-order valence-electron chi connectivity index (χ0n) is 18.0. The summed E-state index contributed by atoms with van der Waals surface area (Å²) in [4.78, 5) is 17.0. The lowest BCUT2D eigenvalue weighted by atomic mass is 10.1. The summed E-state index contributed by atoms with van der Waals surface area (Å²) in [5, 5.41) is 7.17. The first-order valence-corrected chi connectivity index (χ1v) is 11.0. The second kappa shape index (κ2) is 10.1. The van der Waals surface area contributed by atoms with Crippen molar-refractivity contribution in [2.45, 2.75) is 32.0 Å². The molecular formula is C25H28ClN5O. The molecule has 1 heterocycles. The fourth-order valence-electron chi connectivity index (χ4n) is 3.60. The Bertz CT molecular complexity index is 1040. The second-order valence-corrected chi connectivity index (χ2v) is 8.47. The monoisotopic (exact) mass is 449 g/mol. The molecule has 166 valence electrons. The molecule has 1 fully saturated rings. The SMILES string of the molecule is CN(C(=O)N(Cc1ccc(Cl)cc1)Cc1cccc(CNC2NC2N)c1)c1ccccc1. The van der Waals surface area contributed by atoms with Crippen LogP contribution in [0.2, 0.25) is 5.02 Å². The van der Waals surface area contributed by atoms with Gasteiger partial charge < -0.3 is 10.6 Å². The molecule has 3 aromatic carbocycles. The van der Waals surface area contributed by atoms with E-state index in [1.165, 1.54) is 0 Å². The minimum atomic E-state index is -0.0668. The fraction of sp³-hybridized carbons (Fsp3) is 0.240. The summed E-state index contributed by atoms with van der Waals surface area (Å²) >= 11 is 6.05. The van der Waals surface area contributed by atoms with E-state index in [2.05, 4.69) is 28.8 Å². The molecule has 3 aromatic rings. The highest BCUT2D eigenvalue weighted by Gasteiger charge is 2.31. The first-order valence-electron chi connectivity index (χ1n) is 10.6. The minimum Gasteiger partial charge on any atom is -0.316 e. The number of halogens is 1. The molecule has 32 heavy (non-hydrogen) atoms. The summed E-state index contributed by atoms with van der Waals surface area (Å²) in [6, 6.07) is 25.5. The van der Waals surface area contributed by atoms with Gasteiger partial charge in [-0.15, -0.1) is 0 Å². The van der Waals surface area contributed by atoms with E-state index in [4.69, 9.17) is 17.3 Å². The number of nitrogens with one attached hydrogen (secondary N) is 2. The van der Waals surface area contributed by atoms with Gasteiger partial charge in [0.15, 0.2) is 0 Å². The Balaban J connectivity index is 1.51. The van der Waals surface area contributed by atoms with Crippen LogP contribution in [0.3, 0.4) is 0 Å². The quantitative estimate of drug-likeness (QED) is 0.455. The normalized spacial score (nSPS) is 17.1. The van der Waals surface area contributed by atoms with Crippen LogP contribution >= 0.6 is 11.6 Å². The van der Waals surface area contributed by atoms with Crippen LogP contribution in [0, 0.1) is 0 Å². The van der Waals surface area contributed by atoms with Gasteiger partial charge in [0.25, 0.3) is 0 Å². The molecule has 4 rings (SSSR count). The Hall–Kier alpha value is -2.90. The summed E-state index contributed by atoms with van der Waals surface area (Å²) in [5.74, 6) is 0. The summed E-state index contributed by atoms with van der Waals surface area (Å²) in [6.45, 7) is 1.69. The van der Waals surface area contributed by atoms with Gasteiger partial charge in [-0.05, 0) is 41.0 Å². The van der Waals surface area contributed by atoms with Crippen molar-refractivity contribution >= 4 is 23.3 Å². The predicted molar refractivity (Wildman–Crippen MR) is 129 cm³/mol. The molecule has 6 nitrogen and oxygen atoms in total. The molecule has 2 amide bonds. The van der Waals surface area contributed by atoms with Crippen LogP contribution in [0.5, 0.6) is 0 Å².